The van der Waals surface area contributed by atoms with E-state index in [4.69, 9.17) is 23.2 Å². The minimum absolute atomic E-state index is 0.000641. The summed E-state index contributed by atoms with van der Waals surface area (Å²) in [6, 6.07) is 9.50. The van der Waals surface area contributed by atoms with Crippen molar-refractivity contribution in [3.05, 3.63) is 87.7 Å². The number of carboxylic acids is 1. The van der Waals surface area contributed by atoms with E-state index in [1.807, 2.05) is 6.07 Å². The fourth-order valence-electron chi connectivity index (χ4n) is 5.74. The van der Waals surface area contributed by atoms with Gasteiger partial charge in [-0.05, 0) is 42.3 Å². The van der Waals surface area contributed by atoms with Crippen molar-refractivity contribution in [2.24, 2.45) is 0 Å². The highest BCUT2D eigenvalue weighted by Crippen LogP contribution is 2.35. The number of pyridine rings is 1. The zero-order chi connectivity index (χ0) is 34.8. The molecule has 12 nitrogen and oxygen atoms in total. The summed E-state index contributed by atoms with van der Waals surface area (Å²) in [5, 5.41) is 24.4. The number of amides is 2. The number of carbonyl (C=O) groups is 3. The van der Waals surface area contributed by atoms with Crippen molar-refractivity contribution < 1.29 is 36.7 Å². The Balaban J connectivity index is 1.32. The van der Waals surface area contributed by atoms with E-state index >= 15 is 0 Å². The Bertz CT molecular complexity index is 1870. The molecule has 1 aromatic heterocycles. The van der Waals surface area contributed by atoms with E-state index in [1.165, 1.54) is 59.8 Å². The van der Waals surface area contributed by atoms with Crippen molar-refractivity contribution in [3.8, 4) is 6.07 Å². The molecule has 0 radical (unpaired) electrons. The van der Waals surface area contributed by atoms with E-state index in [0.29, 0.717) is 11.3 Å². The first kappa shape index (κ1) is 35.1. The van der Waals surface area contributed by atoms with Gasteiger partial charge in [-0.25, -0.2) is 22.0 Å². The van der Waals surface area contributed by atoms with Crippen LogP contribution in [0.5, 0.6) is 0 Å². The first-order valence-corrected chi connectivity index (χ1v) is 16.7. The number of nitrogens with zero attached hydrogens (tertiary/aromatic N) is 4. The number of aromatic nitrogens is 1. The molecule has 3 heterocycles. The summed E-state index contributed by atoms with van der Waals surface area (Å²) in [5.74, 6) is -5.86. The summed E-state index contributed by atoms with van der Waals surface area (Å²) in [7, 11) is -4.41. The monoisotopic (exact) mass is 720 g/mol. The second kappa shape index (κ2) is 14.1. The van der Waals surface area contributed by atoms with Crippen LogP contribution < -0.4 is 10.6 Å². The second-order valence-corrected chi connectivity index (χ2v) is 14.1. The van der Waals surface area contributed by atoms with Gasteiger partial charge < -0.3 is 15.7 Å². The minimum Gasteiger partial charge on any atom is -0.480 e. The number of benzene rings is 2. The molecule has 0 bridgehead atoms. The predicted octanol–water partition coefficient (Wildman–Crippen LogP) is 3.80. The van der Waals surface area contributed by atoms with Crippen LogP contribution in [0.15, 0.2) is 65.8 Å². The van der Waals surface area contributed by atoms with Gasteiger partial charge in [0.1, 0.15) is 12.1 Å². The number of rotatable bonds is 10. The molecule has 3 aromatic rings. The topological polar surface area (TPSA) is 173 Å². The molecule has 3 N–H and O–H groups in total. The number of carboxylic acid groups (broad SMARTS) is 1. The molecule has 48 heavy (non-hydrogen) atoms. The Morgan fingerprint density at radius 1 is 1.12 bits per heavy atom. The van der Waals surface area contributed by atoms with Gasteiger partial charge in [0.05, 0.1) is 38.7 Å². The van der Waals surface area contributed by atoms with Crippen LogP contribution in [0.2, 0.25) is 10.0 Å². The number of aliphatic carboxylic acids is 1. The molecule has 0 unspecified atom stereocenters. The molecule has 2 aromatic carbocycles. The quantitative estimate of drug-likeness (QED) is 0.282. The predicted molar refractivity (Wildman–Crippen MR) is 170 cm³/mol. The van der Waals surface area contributed by atoms with E-state index in [9.17, 15) is 42.0 Å². The molecule has 2 aliphatic heterocycles. The average molecular weight is 722 g/mol. The van der Waals surface area contributed by atoms with Crippen LogP contribution in [-0.2, 0) is 26.0 Å². The van der Waals surface area contributed by atoms with Crippen LogP contribution >= 0.6 is 23.2 Å². The van der Waals surface area contributed by atoms with Gasteiger partial charge in [0.25, 0.3) is 11.8 Å². The molecule has 0 aliphatic carbocycles. The maximum atomic E-state index is 14.1. The normalized spacial score (nSPS) is 20.1. The highest BCUT2D eigenvalue weighted by atomic mass is 35.5. The third-order valence-corrected chi connectivity index (χ3v) is 10.6. The lowest BCUT2D eigenvalue weighted by molar-refractivity contribution is -0.142. The Morgan fingerprint density at radius 3 is 2.42 bits per heavy atom. The van der Waals surface area contributed by atoms with E-state index in [1.54, 1.807) is 0 Å². The first-order valence-electron chi connectivity index (χ1n) is 14.5. The lowest BCUT2D eigenvalue weighted by Gasteiger charge is -2.25. The average Bonchev–Trinajstić information content (AvgIpc) is 3.65. The number of sulfonamides is 1. The number of nitriles is 1. The number of hydrogen-bond donors (Lipinski definition) is 3. The van der Waals surface area contributed by atoms with E-state index in [-0.39, 0.29) is 52.0 Å². The molecule has 3 atom stereocenters. The molecule has 2 aliphatic rings. The number of hydrogen-bond acceptors (Lipinski definition) is 8. The summed E-state index contributed by atoms with van der Waals surface area (Å²) in [4.78, 5) is 43.5. The summed E-state index contributed by atoms with van der Waals surface area (Å²) >= 11 is 12.1. The van der Waals surface area contributed by atoms with Crippen molar-refractivity contribution >= 4 is 56.7 Å². The van der Waals surface area contributed by atoms with Crippen molar-refractivity contribution in [2.45, 2.75) is 48.2 Å². The van der Waals surface area contributed by atoms with Gasteiger partial charge in [0.2, 0.25) is 15.9 Å². The van der Waals surface area contributed by atoms with Gasteiger partial charge in [-0.1, -0.05) is 41.4 Å². The van der Waals surface area contributed by atoms with Gasteiger partial charge in [-0.3, -0.25) is 19.5 Å². The molecule has 2 fully saturated rings. The van der Waals surface area contributed by atoms with Gasteiger partial charge in [-0.15, -0.1) is 0 Å². The van der Waals surface area contributed by atoms with Crippen molar-refractivity contribution in [2.75, 3.05) is 25.0 Å². The Morgan fingerprint density at radius 2 is 1.81 bits per heavy atom. The standard InChI is InChI=1S/C31H28Cl2F2N6O6S/c32-23-14-37-15-24(33)27(23)29(43)38-20-6-4-18(5-7-20)11-25(30(44)45)39-28(42)26-12-21(40-9-8-31(34,35)17-40)16-41(26)48(46,47)22-3-1-2-19(10-22)13-36/h1-7,10,14-15,21,25-26H,8-9,11-12,16-17H2,(H,38,43)(H,39,42)(H,44,45)/t21-,25+,26+/m1/s1. The number of likely N-dealkylation sites (tertiary alicyclic amines) is 1. The van der Waals surface area contributed by atoms with Gasteiger partial charge in [0, 0.05) is 50.1 Å². The number of nitrogens with one attached hydrogen (secondary N) is 2. The molecule has 0 spiro atoms. The lowest BCUT2D eigenvalue weighted by atomic mass is 10.0. The summed E-state index contributed by atoms with van der Waals surface area (Å²) < 4.78 is 56.5. The molecular weight excluding hydrogens is 693 g/mol. The highest BCUT2D eigenvalue weighted by molar-refractivity contribution is 7.89. The maximum absolute atomic E-state index is 14.1. The third kappa shape index (κ3) is 7.74. The van der Waals surface area contributed by atoms with Crippen LogP contribution in [-0.4, -0.2) is 89.2 Å². The second-order valence-electron chi connectivity index (χ2n) is 11.4. The molecule has 0 saturated carbocycles. The number of carbonyl (C=O) groups excluding carboxylic acids is 2. The van der Waals surface area contributed by atoms with E-state index in [0.717, 1.165) is 10.4 Å². The van der Waals surface area contributed by atoms with Crippen molar-refractivity contribution in [1.82, 2.24) is 19.5 Å². The fraction of sp³-hybridized carbons (Fsp3) is 0.323. The number of alkyl halides is 2. The van der Waals surface area contributed by atoms with Crippen molar-refractivity contribution in [3.63, 3.8) is 0 Å². The van der Waals surface area contributed by atoms with Crippen LogP contribution in [0, 0.1) is 11.3 Å². The van der Waals surface area contributed by atoms with Gasteiger partial charge in [0.15, 0.2) is 0 Å². The first-order chi connectivity index (χ1) is 22.7. The van der Waals surface area contributed by atoms with Crippen LogP contribution in [0.25, 0.3) is 0 Å². The Kier molecular flexibility index (Phi) is 10.3. The zero-order valence-electron chi connectivity index (χ0n) is 24.9. The zero-order valence-corrected chi connectivity index (χ0v) is 27.3. The highest BCUT2D eigenvalue weighted by Gasteiger charge is 2.49. The maximum Gasteiger partial charge on any atom is 0.326 e. The molecular formula is C31H28Cl2F2N6O6S. The SMILES string of the molecule is N#Cc1cccc(S(=O)(=O)N2C[C@H](N3CCC(F)(F)C3)C[C@H]2C(=O)N[C@@H](Cc2ccc(NC(=O)c3c(Cl)cncc3Cl)cc2)C(=O)O)c1. The van der Waals surface area contributed by atoms with E-state index in [2.05, 4.69) is 15.6 Å². The van der Waals surface area contributed by atoms with Crippen LogP contribution in [0.1, 0.15) is 34.3 Å². The molecule has 2 saturated heterocycles. The molecule has 5 rings (SSSR count). The molecule has 17 heteroatoms. The summed E-state index contributed by atoms with van der Waals surface area (Å²) in [6.07, 6.45) is 1.77. The minimum atomic E-state index is -4.41. The fourth-order valence-corrected chi connectivity index (χ4v) is 7.96. The van der Waals surface area contributed by atoms with E-state index < -0.39 is 64.8 Å². The van der Waals surface area contributed by atoms with Crippen LogP contribution in [0.3, 0.4) is 0 Å². The molecule has 252 valence electrons. The smallest absolute Gasteiger partial charge is 0.326 e. The summed E-state index contributed by atoms with van der Waals surface area (Å²) in [5.41, 5.74) is 0.887. The number of halogens is 4. The van der Waals surface area contributed by atoms with Gasteiger partial charge >= 0.3 is 5.97 Å². The Hall–Kier alpha value is -4.20. The van der Waals surface area contributed by atoms with Crippen molar-refractivity contribution in [1.29, 1.82) is 5.26 Å². The van der Waals surface area contributed by atoms with Gasteiger partial charge in [-0.2, -0.15) is 9.57 Å². The third-order valence-electron chi connectivity index (χ3n) is 8.17. The van der Waals surface area contributed by atoms with Crippen LogP contribution in [0.4, 0.5) is 14.5 Å². The summed E-state index contributed by atoms with van der Waals surface area (Å²) in [6.45, 7) is -0.880. The number of anilines is 1. The lowest BCUT2D eigenvalue weighted by Crippen LogP contribution is -2.51. The largest absolute Gasteiger partial charge is 0.480 e. The molecule has 2 amide bonds. The Labute approximate surface area is 284 Å².